The summed E-state index contributed by atoms with van der Waals surface area (Å²) in [6, 6.07) is -0.186. The van der Waals surface area contributed by atoms with Gasteiger partial charge in [-0.1, -0.05) is 18.1 Å². The van der Waals surface area contributed by atoms with E-state index in [4.69, 9.17) is 15.0 Å². The molecule has 0 aromatic carbocycles. The summed E-state index contributed by atoms with van der Waals surface area (Å²) in [7, 11) is 3.28. The van der Waals surface area contributed by atoms with Crippen molar-refractivity contribution in [2.24, 2.45) is 5.11 Å². The number of methoxy groups -OCH3 is 2. The molecule has 0 spiro atoms. The minimum absolute atomic E-state index is 0.186. The van der Waals surface area contributed by atoms with Crippen molar-refractivity contribution >= 4 is 11.6 Å². The Hall–Kier alpha value is -2.66. The van der Waals surface area contributed by atoms with Crippen molar-refractivity contribution in [2.75, 3.05) is 14.2 Å². The quantitative estimate of drug-likeness (QED) is 0.468. The Bertz CT molecular complexity index is 840. The van der Waals surface area contributed by atoms with Gasteiger partial charge in [0.05, 0.1) is 30.8 Å². The first-order valence-electron chi connectivity index (χ1n) is 7.04. The van der Waals surface area contributed by atoms with Gasteiger partial charge in [-0.25, -0.2) is 0 Å². The van der Waals surface area contributed by atoms with Crippen LogP contribution in [-0.2, 0) is 11.3 Å². The highest BCUT2D eigenvalue weighted by Gasteiger charge is 2.24. The zero-order valence-electron chi connectivity index (χ0n) is 12.8. The molecule has 7 heteroatoms. The lowest BCUT2D eigenvalue weighted by atomic mass is 9.99. The molecule has 1 aromatic rings. The van der Waals surface area contributed by atoms with Crippen molar-refractivity contribution in [2.45, 2.75) is 25.9 Å². The molecule has 114 valence electrons. The Morgan fingerprint density at radius 2 is 2.27 bits per heavy atom. The fourth-order valence-electron chi connectivity index (χ4n) is 2.88. The zero-order valence-corrected chi connectivity index (χ0v) is 12.8. The number of rotatable bonds is 5. The van der Waals surface area contributed by atoms with E-state index in [-0.39, 0.29) is 6.04 Å². The minimum atomic E-state index is -0.186. The predicted molar refractivity (Wildman–Crippen MR) is 82.3 cm³/mol. The Kier molecular flexibility index (Phi) is 3.65. The van der Waals surface area contributed by atoms with E-state index in [9.17, 15) is 0 Å². The van der Waals surface area contributed by atoms with Gasteiger partial charge in [-0.3, -0.25) is 4.68 Å². The Labute approximate surface area is 127 Å². The molecule has 0 fully saturated rings. The average Bonchev–Trinajstić information content (AvgIpc) is 3.05. The van der Waals surface area contributed by atoms with Crippen LogP contribution in [0.25, 0.3) is 22.1 Å². The van der Waals surface area contributed by atoms with Gasteiger partial charge < -0.3 is 9.47 Å². The summed E-state index contributed by atoms with van der Waals surface area (Å²) in [4.78, 5) is 2.85. The SMILES string of the molecule is COC1=C2C=c3c(c(OC)nn3CC(C)N=[N+]=[N-])=C2CC=C1. The lowest BCUT2D eigenvalue weighted by Crippen LogP contribution is -2.30. The van der Waals surface area contributed by atoms with Gasteiger partial charge >= 0.3 is 0 Å². The Morgan fingerprint density at radius 3 is 2.95 bits per heavy atom. The molecule has 1 heterocycles. The number of aromatic nitrogens is 2. The standard InChI is InChI=1S/C15H17N5O2/c1-9(17-19-16)8-20-12-7-11-10(5-4-6-13(11)21-2)14(12)15(18-20)22-3/h4,6-7,9H,5,8H2,1-3H3. The van der Waals surface area contributed by atoms with Gasteiger partial charge in [0.25, 0.3) is 0 Å². The number of hydrogen-bond acceptors (Lipinski definition) is 4. The molecule has 0 bridgehead atoms. The number of allylic oxidation sites excluding steroid dienone is 3. The van der Waals surface area contributed by atoms with E-state index in [1.165, 1.54) is 0 Å². The molecule has 0 N–H and O–H groups in total. The molecule has 22 heavy (non-hydrogen) atoms. The molecular formula is C15H17N5O2. The van der Waals surface area contributed by atoms with Crippen molar-refractivity contribution in [3.05, 3.63) is 44.5 Å². The van der Waals surface area contributed by atoms with Crippen molar-refractivity contribution in [1.82, 2.24) is 9.78 Å². The molecule has 3 rings (SSSR count). The molecular weight excluding hydrogens is 282 g/mol. The molecule has 2 aliphatic rings. The second-order valence-corrected chi connectivity index (χ2v) is 5.22. The van der Waals surface area contributed by atoms with Gasteiger partial charge in [0.15, 0.2) is 0 Å². The third-order valence-corrected chi connectivity index (χ3v) is 3.82. The molecule has 1 atom stereocenters. The van der Waals surface area contributed by atoms with Crippen LogP contribution in [0.3, 0.4) is 0 Å². The molecule has 7 nitrogen and oxygen atoms in total. The van der Waals surface area contributed by atoms with E-state index in [2.05, 4.69) is 27.3 Å². The van der Waals surface area contributed by atoms with Crippen LogP contribution in [-0.4, -0.2) is 30.0 Å². The maximum absolute atomic E-state index is 8.55. The summed E-state index contributed by atoms with van der Waals surface area (Å²) in [5.74, 6) is 1.43. The topological polar surface area (TPSA) is 85.0 Å². The van der Waals surface area contributed by atoms with Crippen molar-refractivity contribution in [1.29, 1.82) is 0 Å². The monoisotopic (exact) mass is 299 g/mol. The van der Waals surface area contributed by atoms with E-state index >= 15 is 0 Å². The number of fused-ring (bicyclic) bond motifs is 2. The molecule has 0 saturated carbocycles. The van der Waals surface area contributed by atoms with Gasteiger partial charge in [0, 0.05) is 17.0 Å². The van der Waals surface area contributed by atoms with Crippen LogP contribution in [0, 0.1) is 0 Å². The number of nitrogens with zero attached hydrogens (tertiary/aromatic N) is 5. The Morgan fingerprint density at radius 1 is 1.45 bits per heavy atom. The van der Waals surface area contributed by atoms with Gasteiger partial charge in [-0.15, -0.1) is 5.10 Å². The van der Waals surface area contributed by atoms with Gasteiger partial charge in [-0.05, 0) is 29.7 Å². The van der Waals surface area contributed by atoms with Gasteiger partial charge in [-0.2, -0.15) is 0 Å². The van der Waals surface area contributed by atoms with Crippen molar-refractivity contribution in [3.8, 4) is 5.88 Å². The molecule has 0 amide bonds. The summed E-state index contributed by atoms with van der Waals surface area (Å²) in [5, 5.41) is 10.2. The van der Waals surface area contributed by atoms with Crippen LogP contribution in [0.1, 0.15) is 13.3 Å². The first-order chi connectivity index (χ1) is 10.7. The fourth-order valence-corrected chi connectivity index (χ4v) is 2.88. The third-order valence-electron chi connectivity index (χ3n) is 3.82. The maximum atomic E-state index is 8.55. The fraction of sp³-hybridized carbons (Fsp3) is 0.400. The number of azide groups is 1. The van der Waals surface area contributed by atoms with Crippen LogP contribution >= 0.6 is 0 Å². The summed E-state index contributed by atoms with van der Waals surface area (Å²) in [5.41, 5.74) is 10.8. The van der Waals surface area contributed by atoms with E-state index in [1.54, 1.807) is 14.2 Å². The second-order valence-electron chi connectivity index (χ2n) is 5.22. The molecule has 0 aliphatic heterocycles. The Balaban J connectivity index is 2.19. The summed E-state index contributed by atoms with van der Waals surface area (Å²) in [6.45, 7) is 2.36. The lowest BCUT2D eigenvalue weighted by Gasteiger charge is -2.13. The summed E-state index contributed by atoms with van der Waals surface area (Å²) >= 11 is 0. The average molecular weight is 299 g/mol. The predicted octanol–water partition coefficient (Wildman–Crippen LogP) is 1.40. The van der Waals surface area contributed by atoms with E-state index < -0.39 is 0 Å². The van der Waals surface area contributed by atoms with Crippen molar-refractivity contribution in [3.63, 3.8) is 0 Å². The van der Waals surface area contributed by atoms with Gasteiger partial charge in [0.1, 0.15) is 5.76 Å². The first kappa shape index (κ1) is 14.3. The van der Waals surface area contributed by atoms with Gasteiger partial charge in [0.2, 0.25) is 5.88 Å². The maximum Gasteiger partial charge on any atom is 0.240 e. The molecule has 0 saturated heterocycles. The highest BCUT2D eigenvalue weighted by Crippen LogP contribution is 2.29. The van der Waals surface area contributed by atoms with Crippen LogP contribution in [0.2, 0.25) is 0 Å². The third kappa shape index (κ3) is 2.16. The van der Waals surface area contributed by atoms with Crippen LogP contribution in [0.4, 0.5) is 0 Å². The zero-order chi connectivity index (χ0) is 15.7. The van der Waals surface area contributed by atoms with Crippen LogP contribution < -0.4 is 15.3 Å². The smallest absolute Gasteiger partial charge is 0.240 e. The molecule has 2 aliphatic carbocycles. The molecule has 1 unspecified atom stereocenters. The molecule has 0 radical (unpaired) electrons. The summed E-state index contributed by atoms with van der Waals surface area (Å²) < 4.78 is 12.7. The number of ether oxygens (including phenoxy) is 2. The van der Waals surface area contributed by atoms with E-state index in [0.717, 1.165) is 33.9 Å². The largest absolute Gasteiger partial charge is 0.496 e. The number of hydrogen-bond donors (Lipinski definition) is 0. The second kappa shape index (κ2) is 5.61. The van der Waals surface area contributed by atoms with Crippen molar-refractivity contribution < 1.29 is 9.47 Å². The molecule has 1 aromatic heterocycles. The highest BCUT2D eigenvalue weighted by molar-refractivity contribution is 5.85. The van der Waals surface area contributed by atoms with E-state index in [1.807, 2.05) is 17.7 Å². The highest BCUT2D eigenvalue weighted by atomic mass is 16.5. The van der Waals surface area contributed by atoms with Crippen LogP contribution in [0.15, 0.2) is 28.6 Å². The lowest BCUT2D eigenvalue weighted by molar-refractivity contribution is 0.304. The first-order valence-corrected chi connectivity index (χ1v) is 7.04. The van der Waals surface area contributed by atoms with Crippen LogP contribution in [0.5, 0.6) is 5.88 Å². The minimum Gasteiger partial charge on any atom is -0.496 e. The van der Waals surface area contributed by atoms with E-state index in [0.29, 0.717) is 12.4 Å². The normalized spacial score (nSPS) is 16.6. The summed E-state index contributed by atoms with van der Waals surface area (Å²) in [6.07, 6.45) is 6.93.